The molecular weight excluding hydrogens is 376 g/mol. The smallest absolute Gasteiger partial charge is 0.390 e. The average Bonchev–Trinajstić information content (AvgIpc) is 3.21. The Morgan fingerprint density at radius 3 is 2.21 bits per heavy atom. The van der Waals surface area contributed by atoms with E-state index < -0.39 is 22.4 Å². The number of rotatable bonds is 7. The fraction of sp³-hybridized carbons (Fsp3) is 0.158. The van der Waals surface area contributed by atoms with Gasteiger partial charge in [-0.1, -0.05) is 65.6 Å². The molecule has 29 heavy (non-hydrogen) atoms. The molecule has 0 spiro atoms. The van der Waals surface area contributed by atoms with E-state index in [4.69, 9.17) is 0 Å². The van der Waals surface area contributed by atoms with Crippen LogP contribution >= 0.6 is 0 Å². The number of nitrogens with zero attached hydrogens (tertiary/aromatic N) is 5. The Labute approximate surface area is 165 Å². The minimum Gasteiger partial charge on any atom is -0.390 e. The molecule has 0 saturated carbocycles. The Morgan fingerprint density at radius 1 is 1.17 bits per heavy atom. The van der Waals surface area contributed by atoms with Crippen molar-refractivity contribution < 1.29 is 14.8 Å². The SMILES string of the molecule is C/C(Cn1cnc([N+](=O)[O-])n1)=N\NC(=O)C(O)(c1ccccc1)c1ccccc1. The zero-order valence-electron chi connectivity index (χ0n) is 15.5. The molecule has 0 atom stereocenters. The molecule has 3 rings (SSSR count). The normalized spacial score (nSPS) is 11.9. The minimum absolute atomic E-state index is 0.0796. The van der Waals surface area contributed by atoms with Crippen LogP contribution in [0.1, 0.15) is 18.1 Å². The van der Waals surface area contributed by atoms with Crippen LogP contribution in [0, 0.1) is 10.1 Å². The van der Waals surface area contributed by atoms with Crippen LogP contribution in [-0.2, 0) is 16.9 Å². The Hall–Kier alpha value is -3.92. The summed E-state index contributed by atoms with van der Waals surface area (Å²) in [7, 11) is 0. The van der Waals surface area contributed by atoms with Gasteiger partial charge < -0.3 is 15.2 Å². The number of benzene rings is 2. The van der Waals surface area contributed by atoms with E-state index in [2.05, 4.69) is 20.6 Å². The third-order valence-corrected chi connectivity index (χ3v) is 4.14. The lowest BCUT2D eigenvalue weighted by Crippen LogP contribution is -2.44. The van der Waals surface area contributed by atoms with Gasteiger partial charge in [0.1, 0.15) is 0 Å². The third-order valence-electron chi connectivity index (χ3n) is 4.14. The molecule has 10 nitrogen and oxygen atoms in total. The molecule has 0 aliphatic carbocycles. The molecule has 0 unspecified atom stereocenters. The first-order valence-corrected chi connectivity index (χ1v) is 8.62. The molecule has 1 aromatic heterocycles. The van der Waals surface area contributed by atoms with Crippen molar-refractivity contribution in [3.63, 3.8) is 0 Å². The van der Waals surface area contributed by atoms with Crippen molar-refractivity contribution in [2.75, 3.05) is 0 Å². The van der Waals surface area contributed by atoms with Gasteiger partial charge in [-0.3, -0.25) is 4.79 Å². The maximum atomic E-state index is 12.9. The van der Waals surface area contributed by atoms with Crippen LogP contribution in [-0.4, -0.2) is 36.4 Å². The summed E-state index contributed by atoms with van der Waals surface area (Å²) in [4.78, 5) is 26.4. The topological polar surface area (TPSA) is 136 Å². The van der Waals surface area contributed by atoms with Crippen molar-refractivity contribution >= 4 is 17.6 Å². The molecule has 0 aliphatic rings. The third kappa shape index (κ3) is 4.33. The van der Waals surface area contributed by atoms with Crippen molar-refractivity contribution in [3.8, 4) is 0 Å². The van der Waals surface area contributed by atoms with Gasteiger partial charge >= 0.3 is 5.95 Å². The van der Waals surface area contributed by atoms with E-state index in [0.717, 1.165) is 0 Å². The molecule has 0 radical (unpaired) electrons. The van der Waals surface area contributed by atoms with Gasteiger partial charge in [-0.25, -0.2) is 5.43 Å². The highest BCUT2D eigenvalue weighted by Gasteiger charge is 2.39. The van der Waals surface area contributed by atoms with Crippen LogP contribution in [0.5, 0.6) is 0 Å². The minimum atomic E-state index is -1.95. The second kappa shape index (κ2) is 8.40. The number of amides is 1. The van der Waals surface area contributed by atoms with Crippen LogP contribution in [0.15, 0.2) is 72.1 Å². The predicted octanol–water partition coefficient (Wildman–Crippen LogP) is 1.61. The van der Waals surface area contributed by atoms with Gasteiger partial charge in [-0.05, 0) is 23.0 Å². The zero-order chi connectivity index (χ0) is 20.9. The van der Waals surface area contributed by atoms with Crippen LogP contribution in [0.4, 0.5) is 5.95 Å². The van der Waals surface area contributed by atoms with Gasteiger partial charge in [-0.15, -0.1) is 0 Å². The summed E-state index contributed by atoms with van der Waals surface area (Å²) < 4.78 is 1.23. The fourth-order valence-corrected chi connectivity index (χ4v) is 2.73. The van der Waals surface area contributed by atoms with Gasteiger partial charge in [0.2, 0.25) is 6.33 Å². The molecule has 0 bridgehead atoms. The monoisotopic (exact) mass is 394 g/mol. The van der Waals surface area contributed by atoms with Crippen LogP contribution < -0.4 is 5.43 Å². The standard InChI is InChI=1S/C19H18N6O4/c1-14(12-24-13-20-18(23-24)25(28)29)21-22-17(26)19(27,15-8-4-2-5-9-15)16-10-6-3-7-11-16/h2-11,13,27H,12H2,1H3,(H,22,26)/b21-14+. The lowest BCUT2D eigenvalue weighted by atomic mass is 9.85. The molecule has 148 valence electrons. The lowest BCUT2D eigenvalue weighted by molar-refractivity contribution is -0.394. The zero-order valence-corrected chi connectivity index (χ0v) is 15.5. The van der Waals surface area contributed by atoms with Gasteiger partial charge in [0.05, 0.1) is 12.3 Å². The number of carbonyl (C=O) groups is 1. The summed E-state index contributed by atoms with van der Waals surface area (Å²) in [6.07, 6.45) is 1.20. The second-order valence-corrected chi connectivity index (χ2v) is 6.23. The molecule has 0 aliphatic heterocycles. The van der Waals surface area contributed by atoms with Crippen LogP contribution in [0.2, 0.25) is 0 Å². The first-order chi connectivity index (χ1) is 13.9. The maximum absolute atomic E-state index is 12.9. The Balaban J connectivity index is 1.81. The number of nitro groups is 1. The van der Waals surface area contributed by atoms with E-state index in [1.165, 1.54) is 11.0 Å². The number of hydrazone groups is 1. The number of carbonyl (C=O) groups excluding carboxylic acids is 1. The summed E-state index contributed by atoms with van der Waals surface area (Å²) in [6.45, 7) is 1.69. The van der Waals surface area contributed by atoms with Gasteiger partial charge in [0.25, 0.3) is 5.91 Å². The molecule has 1 heterocycles. The van der Waals surface area contributed by atoms with Crippen molar-refractivity contribution in [2.45, 2.75) is 19.1 Å². The molecule has 0 fully saturated rings. The van der Waals surface area contributed by atoms with E-state index in [0.29, 0.717) is 16.8 Å². The Bertz CT molecular complexity index is 994. The Morgan fingerprint density at radius 2 is 1.72 bits per heavy atom. The highest BCUT2D eigenvalue weighted by atomic mass is 16.6. The fourth-order valence-electron chi connectivity index (χ4n) is 2.73. The average molecular weight is 394 g/mol. The number of aliphatic hydroxyl groups is 1. The first-order valence-electron chi connectivity index (χ1n) is 8.62. The molecule has 2 aromatic carbocycles. The van der Waals surface area contributed by atoms with Crippen molar-refractivity contribution in [1.29, 1.82) is 0 Å². The summed E-state index contributed by atoms with van der Waals surface area (Å²) >= 11 is 0. The quantitative estimate of drug-likeness (QED) is 0.355. The summed E-state index contributed by atoms with van der Waals surface area (Å²) in [5, 5.41) is 29.6. The van der Waals surface area contributed by atoms with Crippen molar-refractivity contribution in [1.82, 2.24) is 20.2 Å². The van der Waals surface area contributed by atoms with E-state index in [-0.39, 0.29) is 6.54 Å². The summed E-state index contributed by atoms with van der Waals surface area (Å²) in [5.41, 5.74) is 1.62. The van der Waals surface area contributed by atoms with Gasteiger partial charge in [0, 0.05) is 5.10 Å². The van der Waals surface area contributed by atoms with Crippen LogP contribution in [0.3, 0.4) is 0 Å². The number of aromatic nitrogens is 3. The van der Waals surface area contributed by atoms with Crippen molar-refractivity contribution in [3.05, 3.63) is 88.2 Å². The largest absolute Gasteiger partial charge is 0.490 e. The first kappa shape index (κ1) is 19.8. The molecular formula is C19H18N6O4. The molecule has 1 amide bonds. The highest BCUT2D eigenvalue weighted by molar-refractivity contribution is 5.91. The molecule has 3 aromatic rings. The molecule has 2 N–H and O–H groups in total. The number of hydrogen-bond donors (Lipinski definition) is 2. The van der Waals surface area contributed by atoms with E-state index >= 15 is 0 Å². The number of hydrogen-bond acceptors (Lipinski definition) is 7. The van der Waals surface area contributed by atoms with Crippen molar-refractivity contribution in [2.24, 2.45) is 5.10 Å². The van der Waals surface area contributed by atoms with E-state index in [1.807, 2.05) is 0 Å². The highest BCUT2D eigenvalue weighted by Crippen LogP contribution is 2.29. The number of nitrogens with one attached hydrogen (secondary N) is 1. The Kier molecular flexibility index (Phi) is 5.74. The van der Waals surface area contributed by atoms with Crippen LogP contribution in [0.25, 0.3) is 0 Å². The van der Waals surface area contributed by atoms with E-state index in [1.54, 1.807) is 67.6 Å². The summed E-state index contributed by atoms with van der Waals surface area (Å²) in [6, 6.07) is 17.1. The van der Waals surface area contributed by atoms with Gasteiger partial charge in [-0.2, -0.15) is 9.78 Å². The molecule has 0 saturated heterocycles. The van der Waals surface area contributed by atoms with Gasteiger partial charge in [0.15, 0.2) is 5.60 Å². The predicted molar refractivity (Wildman–Crippen MR) is 104 cm³/mol. The second-order valence-electron chi connectivity index (χ2n) is 6.23. The summed E-state index contributed by atoms with van der Waals surface area (Å²) in [5.74, 6) is -1.26. The molecule has 10 heteroatoms. The maximum Gasteiger partial charge on any atom is 0.490 e. The lowest BCUT2D eigenvalue weighted by Gasteiger charge is -2.27. The van der Waals surface area contributed by atoms with E-state index in [9.17, 15) is 20.0 Å².